The van der Waals surface area contributed by atoms with Crippen LogP contribution in [0.3, 0.4) is 0 Å². The van der Waals surface area contributed by atoms with Gasteiger partial charge in [-0.3, -0.25) is 0 Å². The van der Waals surface area contributed by atoms with Gasteiger partial charge in [0.05, 0.1) is 6.10 Å². The predicted molar refractivity (Wildman–Crippen MR) is 47.5 cm³/mol. The first-order chi connectivity index (χ1) is 4.45. The summed E-state index contributed by atoms with van der Waals surface area (Å²) in [6.07, 6.45) is 0.220. The van der Waals surface area contributed by atoms with Gasteiger partial charge in [0.15, 0.2) is 0 Å². The maximum atomic E-state index is 5.48. The van der Waals surface area contributed by atoms with Crippen LogP contribution in [-0.4, -0.2) is 24.6 Å². The van der Waals surface area contributed by atoms with Gasteiger partial charge in [-0.1, -0.05) is 0 Å². The molecule has 0 saturated carbocycles. The van der Waals surface area contributed by atoms with Gasteiger partial charge < -0.3 is 10.1 Å². The van der Waals surface area contributed by atoms with Gasteiger partial charge in [0.25, 0.3) is 0 Å². The molecule has 0 spiro atoms. The van der Waals surface area contributed by atoms with Crippen molar-refractivity contribution in [2.24, 2.45) is 0 Å². The molecule has 0 aromatic carbocycles. The second-order valence-electron chi connectivity index (χ2n) is 2.93. The zero-order valence-electron chi connectivity index (χ0n) is 7.14. The Hall–Kier alpha value is 0.270. The molecule has 3 heteroatoms. The first kappa shape index (κ1) is 10.3. The first-order valence-corrected chi connectivity index (χ1v) is 3.95. The van der Waals surface area contributed by atoms with Gasteiger partial charge in [-0.25, -0.2) is 0 Å². The maximum absolute atomic E-state index is 5.48. The van der Waals surface area contributed by atoms with Crippen molar-refractivity contribution in [3.63, 3.8) is 0 Å². The summed E-state index contributed by atoms with van der Waals surface area (Å²) in [4.78, 5) is -0.323. The van der Waals surface area contributed by atoms with Crippen molar-refractivity contribution in [2.75, 3.05) is 13.6 Å². The highest BCUT2D eigenvalue weighted by molar-refractivity contribution is 7.81. The third kappa shape index (κ3) is 6.39. The van der Waals surface area contributed by atoms with Crippen molar-refractivity contribution in [1.82, 2.24) is 5.32 Å². The average molecular weight is 163 g/mol. The molecule has 0 heterocycles. The lowest BCUT2D eigenvalue weighted by Crippen LogP contribution is -2.30. The van der Waals surface area contributed by atoms with Gasteiger partial charge in [0.1, 0.15) is 4.93 Å². The van der Waals surface area contributed by atoms with Gasteiger partial charge in [0, 0.05) is 6.54 Å². The second kappa shape index (κ2) is 4.21. The van der Waals surface area contributed by atoms with Gasteiger partial charge in [0.2, 0.25) is 0 Å². The SMILES string of the molecule is CNCC(C)OC(C)(C)S. The third-order valence-electron chi connectivity index (χ3n) is 0.981. The van der Waals surface area contributed by atoms with Crippen LogP contribution in [0.2, 0.25) is 0 Å². The molecular formula is C7H17NOS. The van der Waals surface area contributed by atoms with Crippen molar-refractivity contribution < 1.29 is 4.74 Å². The monoisotopic (exact) mass is 163 g/mol. The zero-order chi connectivity index (χ0) is 8.20. The van der Waals surface area contributed by atoms with Crippen LogP contribution < -0.4 is 5.32 Å². The molecule has 0 aromatic rings. The van der Waals surface area contributed by atoms with Crippen LogP contribution in [0.25, 0.3) is 0 Å². The van der Waals surface area contributed by atoms with E-state index in [1.165, 1.54) is 0 Å². The lowest BCUT2D eigenvalue weighted by molar-refractivity contribution is -0.000615. The molecule has 0 radical (unpaired) electrons. The second-order valence-corrected chi connectivity index (χ2v) is 4.01. The fourth-order valence-electron chi connectivity index (χ4n) is 0.821. The Morgan fingerprint density at radius 3 is 2.40 bits per heavy atom. The van der Waals surface area contributed by atoms with Gasteiger partial charge in [-0.15, -0.1) is 12.6 Å². The highest BCUT2D eigenvalue weighted by Gasteiger charge is 2.14. The van der Waals surface area contributed by atoms with Crippen LogP contribution in [0, 0.1) is 0 Å². The van der Waals surface area contributed by atoms with Crippen molar-refractivity contribution in [2.45, 2.75) is 31.8 Å². The summed E-state index contributed by atoms with van der Waals surface area (Å²) in [5, 5.41) is 3.03. The summed E-state index contributed by atoms with van der Waals surface area (Å²) in [6, 6.07) is 0. The molecule has 0 aromatic heterocycles. The molecule has 2 nitrogen and oxygen atoms in total. The minimum Gasteiger partial charge on any atom is -0.361 e. The zero-order valence-corrected chi connectivity index (χ0v) is 8.03. The van der Waals surface area contributed by atoms with Crippen LogP contribution in [0.15, 0.2) is 0 Å². The number of likely N-dealkylation sites (N-methyl/N-ethyl adjacent to an activating group) is 1. The average Bonchev–Trinajstić information content (AvgIpc) is 1.59. The summed E-state index contributed by atoms with van der Waals surface area (Å²) in [5.74, 6) is 0. The van der Waals surface area contributed by atoms with E-state index in [0.29, 0.717) is 0 Å². The number of hydrogen-bond acceptors (Lipinski definition) is 3. The van der Waals surface area contributed by atoms with E-state index in [0.717, 1.165) is 6.54 Å². The van der Waals surface area contributed by atoms with E-state index in [2.05, 4.69) is 17.9 Å². The molecule has 0 aliphatic rings. The molecule has 0 aliphatic heterocycles. The Bertz CT molecular complexity index is 90.1. The Morgan fingerprint density at radius 2 is 2.10 bits per heavy atom. The fraction of sp³-hybridized carbons (Fsp3) is 1.00. The number of rotatable bonds is 4. The number of ether oxygens (including phenoxy) is 1. The standard InChI is InChI=1S/C7H17NOS/c1-6(5-8-4)9-7(2,3)10/h6,8,10H,5H2,1-4H3. The Balaban J connectivity index is 3.47. The van der Waals surface area contributed by atoms with E-state index in [1.54, 1.807) is 0 Å². The largest absolute Gasteiger partial charge is 0.361 e. The summed E-state index contributed by atoms with van der Waals surface area (Å²) < 4.78 is 5.48. The molecule has 0 aliphatic carbocycles. The van der Waals surface area contributed by atoms with Crippen LogP contribution in [0.1, 0.15) is 20.8 Å². The van der Waals surface area contributed by atoms with Crippen LogP contribution in [-0.2, 0) is 4.74 Å². The quantitative estimate of drug-likeness (QED) is 0.481. The highest BCUT2D eigenvalue weighted by atomic mass is 32.1. The van der Waals surface area contributed by atoms with E-state index < -0.39 is 0 Å². The van der Waals surface area contributed by atoms with Crippen molar-refractivity contribution >= 4 is 12.6 Å². The number of thiol groups is 1. The molecular weight excluding hydrogens is 146 g/mol. The number of nitrogens with one attached hydrogen (secondary N) is 1. The van der Waals surface area contributed by atoms with E-state index >= 15 is 0 Å². The number of hydrogen-bond donors (Lipinski definition) is 2. The van der Waals surface area contributed by atoms with Crippen LogP contribution in [0.5, 0.6) is 0 Å². The Kier molecular flexibility index (Phi) is 4.32. The molecule has 1 atom stereocenters. The smallest absolute Gasteiger partial charge is 0.105 e. The molecule has 1 unspecified atom stereocenters. The first-order valence-electron chi connectivity index (χ1n) is 3.50. The van der Waals surface area contributed by atoms with Crippen molar-refractivity contribution in [3.05, 3.63) is 0 Å². The lowest BCUT2D eigenvalue weighted by atomic mass is 10.4. The fourth-order valence-corrected chi connectivity index (χ4v) is 1.00. The molecule has 1 N–H and O–H groups in total. The summed E-state index contributed by atoms with van der Waals surface area (Å²) in [7, 11) is 1.91. The summed E-state index contributed by atoms with van der Waals surface area (Å²) in [5.41, 5.74) is 0. The van der Waals surface area contributed by atoms with E-state index in [-0.39, 0.29) is 11.0 Å². The molecule has 10 heavy (non-hydrogen) atoms. The molecule has 62 valence electrons. The van der Waals surface area contributed by atoms with E-state index in [9.17, 15) is 0 Å². The van der Waals surface area contributed by atoms with Crippen LogP contribution in [0.4, 0.5) is 0 Å². The topological polar surface area (TPSA) is 21.3 Å². The van der Waals surface area contributed by atoms with E-state index in [4.69, 9.17) is 4.74 Å². The summed E-state index contributed by atoms with van der Waals surface area (Å²) >= 11 is 4.24. The van der Waals surface area contributed by atoms with E-state index in [1.807, 2.05) is 27.8 Å². The molecule has 0 rings (SSSR count). The van der Waals surface area contributed by atoms with Crippen molar-refractivity contribution in [1.29, 1.82) is 0 Å². The molecule has 0 fully saturated rings. The lowest BCUT2D eigenvalue weighted by Gasteiger charge is -2.23. The molecule has 0 bridgehead atoms. The normalized spacial score (nSPS) is 15.3. The molecule has 0 saturated heterocycles. The third-order valence-corrected chi connectivity index (χ3v) is 1.09. The minimum atomic E-state index is -0.323. The highest BCUT2D eigenvalue weighted by Crippen LogP contribution is 2.15. The molecule has 0 amide bonds. The summed E-state index contributed by atoms with van der Waals surface area (Å²) in [6.45, 7) is 6.75. The minimum absolute atomic E-state index is 0.220. The van der Waals surface area contributed by atoms with Crippen molar-refractivity contribution in [3.8, 4) is 0 Å². The Morgan fingerprint density at radius 1 is 1.60 bits per heavy atom. The predicted octanol–water partition coefficient (Wildman–Crippen LogP) is 1.28. The van der Waals surface area contributed by atoms with Gasteiger partial charge in [-0.2, -0.15) is 0 Å². The Labute approximate surface area is 68.7 Å². The van der Waals surface area contributed by atoms with Crippen LogP contribution >= 0.6 is 12.6 Å². The van der Waals surface area contributed by atoms with Gasteiger partial charge >= 0.3 is 0 Å². The van der Waals surface area contributed by atoms with Gasteiger partial charge in [-0.05, 0) is 27.8 Å². The maximum Gasteiger partial charge on any atom is 0.105 e.